The summed E-state index contributed by atoms with van der Waals surface area (Å²) in [7, 11) is -3.38. The first-order valence-corrected chi connectivity index (χ1v) is 7.60. The molecule has 0 amide bonds. The zero-order valence-corrected chi connectivity index (χ0v) is 11.7. The van der Waals surface area contributed by atoms with Gasteiger partial charge in [0.1, 0.15) is 0 Å². The van der Waals surface area contributed by atoms with Crippen LogP contribution in [-0.4, -0.2) is 25.4 Å². The second-order valence-corrected chi connectivity index (χ2v) is 7.74. The van der Waals surface area contributed by atoms with Gasteiger partial charge < -0.3 is 10.8 Å². The van der Waals surface area contributed by atoms with E-state index in [9.17, 15) is 13.5 Å². The van der Waals surface area contributed by atoms with Crippen LogP contribution in [0.4, 0.5) is 5.69 Å². The van der Waals surface area contributed by atoms with Crippen molar-refractivity contribution in [3.8, 4) is 0 Å². The Balaban J connectivity index is 2.73. The molecule has 18 heavy (non-hydrogen) atoms. The minimum atomic E-state index is -3.38. The Bertz CT molecular complexity index is 578. The fourth-order valence-corrected chi connectivity index (χ4v) is 4.89. The zero-order valence-electron chi connectivity index (χ0n) is 10.8. The largest absolute Gasteiger partial charge is 0.399 e. The Morgan fingerprint density at radius 2 is 2.00 bits per heavy atom. The van der Waals surface area contributed by atoms with E-state index in [0.29, 0.717) is 16.1 Å². The van der Waals surface area contributed by atoms with Crippen molar-refractivity contribution in [2.24, 2.45) is 5.41 Å². The molecule has 0 saturated carbocycles. The third-order valence-electron chi connectivity index (χ3n) is 3.70. The highest BCUT2D eigenvalue weighted by molar-refractivity contribution is 7.91. The number of sulfone groups is 1. The topological polar surface area (TPSA) is 80.4 Å². The number of benzene rings is 1. The van der Waals surface area contributed by atoms with E-state index in [1.54, 1.807) is 32.0 Å². The van der Waals surface area contributed by atoms with Crippen LogP contribution in [0, 0.1) is 5.41 Å². The summed E-state index contributed by atoms with van der Waals surface area (Å²) in [6, 6.07) is 4.79. The number of aliphatic hydroxyl groups excluding tert-OH is 1. The van der Waals surface area contributed by atoms with E-state index in [2.05, 4.69) is 0 Å². The van der Waals surface area contributed by atoms with Crippen molar-refractivity contribution in [3.05, 3.63) is 23.8 Å². The summed E-state index contributed by atoms with van der Waals surface area (Å²) in [6.07, 6.45) is -0.713. The number of nitrogen functional groups attached to an aromatic ring is 1. The minimum absolute atomic E-state index is 0.0532. The molecule has 100 valence electrons. The maximum atomic E-state index is 12.4. The van der Waals surface area contributed by atoms with Gasteiger partial charge in [-0.25, -0.2) is 8.42 Å². The molecule has 1 heterocycles. The lowest BCUT2D eigenvalue weighted by Gasteiger charge is -2.31. The van der Waals surface area contributed by atoms with Gasteiger partial charge in [0.25, 0.3) is 0 Å². The monoisotopic (exact) mass is 269 g/mol. The van der Waals surface area contributed by atoms with Crippen molar-refractivity contribution in [2.75, 3.05) is 11.5 Å². The molecule has 2 atom stereocenters. The number of hydrogen-bond donors (Lipinski definition) is 2. The number of anilines is 1. The van der Waals surface area contributed by atoms with E-state index in [1.165, 1.54) is 0 Å². The first kappa shape index (κ1) is 13.4. The van der Waals surface area contributed by atoms with E-state index < -0.39 is 21.4 Å². The maximum absolute atomic E-state index is 12.4. The van der Waals surface area contributed by atoms with Gasteiger partial charge in [-0.15, -0.1) is 0 Å². The Morgan fingerprint density at radius 3 is 2.61 bits per heavy atom. The second kappa shape index (κ2) is 3.96. The van der Waals surface area contributed by atoms with Gasteiger partial charge in [0.05, 0.1) is 16.8 Å². The first-order chi connectivity index (χ1) is 8.15. The third kappa shape index (κ3) is 2.01. The van der Waals surface area contributed by atoms with Crippen molar-refractivity contribution < 1.29 is 13.5 Å². The summed E-state index contributed by atoms with van der Waals surface area (Å²) < 4.78 is 24.7. The molecule has 1 aromatic rings. The van der Waals surface area contributed by atoms with E-state index in [-0.39, 0.29) is 11.7 Å². The highest BCUT2D eigenvalue weighted by Gasteiger charge is 2.42. The number of aliphatic hydroxyl groups is 1. The molecule has 3 N–H and O–H groups in total. The summed E-state index contributed by atoms with van der Waals surface area (Å²) in [4.78, 5) is 0.300. The van der Waals surface area contributed by atoms with Crippen LogP contribution in [0.25, 0.3) is 0 Å². The lowest BCUT2D eigenvalue weighted by molar-refractivity contribution is 0.0466. The van der Waals surface area contributed by atoms with Crippen LogP contribution >= 0.6 is 0 Å². The van der Waals surface area contributed by atoms with Crippen LogP contribution in [0.2, 0.25) is 0 Å². The molecule has 0 aliphatic carbocycles. The SMILES string of the molecule is C[C@@H]1c2cc(N)ccc2S(=O)(=O)CC(C)(C)[C@@H]1O. The zero-order chi connectivity index (χ0) is 13.7. The standard InChI is InChI=1S/C13H19NO3S/c1-8-10-6-9(14)4-5-11(10)18(16,17)7-13(2,3)12(8)15/h4-6,8,12,15H,7,14H2,1-3H3/t8-,12-/m1/s1. The molecule has 0 aromatic heterocycles. The molecule has 0 radical (unpaired) electrons. The molecule has 4 nitrogen and oxygen atoms in total. The van der Waals surface area contributed by atoms with Gasteiger partial charge in [-0.3, -0.25) is 0 Å². The van der Waals surface area contributed by atoms with Crippen LogP contribution in [0.1, 0.15) is 32.3 Å². The Morgan fingerprint density at radius 1 is 1.39 bits per heavy atom. The van der Waals surface area contributed by atoms with Gasteiger partial charge in [-0.2, -0.15) is 0 Å². The predicted octanol–water partition coefficient (Wildman–Crippen LogP) is 1.55. The highest BCUT2D eigenvalue weighted by Crippen LogP contribution is 2.41. The summed E-state index contributed by atoms with van der Waals surface area (Å²) in [5, 5.41) is 10.4. The molecule has 0 spiro atoms. The van der Waals surface area contributed by atoms with Gasteiger partial charge in [-0.05, 0) is 23.8 Å². The lowest BCUT2D eigenvalue weighted by atomic mass is 9.79. The predicted molar refractivity (Wildman–Crippen MR) is 71.1 cm³/mol. The summed E-state index contributed by atoms with van der Waals surface area (Å²) >= 11 is 0. The van der Waals surface area contributed by atoms with Crippen molar-refractivity contribution in [1.82, 2.24) is 0 Å². The van der Waals surface area contributed by atoms with Crippen molar-refractivity contribution in [3.63, 3.8) is 0 Å². The molecule has 1 aliphatic rings. The minimum Gasteiger partial charge on any atom is -0.399 e. The van der Waals surface area contributed by atoms with Crippen LogP contribution in [0.3, 0.4) is 0 Å². The quantitative estimate of drug-likeness (QED) is 0.700. The molecule has 1 aromatic carbocycles. The van der Waals surface area contributed by atoms with Crippen molar-refractivity contribution in [2.45, 2.75) is 37.7 Å². The molecular formula is C13H19NO3S. The maximum Gasteiger partial charge on any atom is 0.179 e. The van der Waals surface area contributed by atoms with Gasteiger partial charge >= 0.3 is 0 Å². The Kier molecular flexibility index (Phi) is 2.94. The summed E-state index contributed by atoms with van der Waals surface area (Å²) in [5.74, 6) is -0.307. The van der Waals surface area contributed by atoms with Gasteiger partial charge in [0, 0.05) is 17.0 Å². The molecule has 2 rings (SSSR count). The molecular weight excluding hydrogens is 250 g/mol. The van der Waals surface area contributed by atoms with E-state index in [0.717, 1.165) is 0 Å². The first-order valence-electron chi connectivity index (χ1n) is 5.95. The van der Waals surface area contributed by atoms with E-state index in [1.807, 2.05) is 6.92 Å². The molecule has 5 heteroatoms. The van der Waals surface area contributed by atoms with E-state index >= 15 is 0 Å². The number of nitrogens with two attached hydrogens (primary N) is 1. The number of hydrogen-bond acceptors (Lipinski definition) is 4. The fraction of sp³-hybridized carbons (Fsp3) is 0.538. The highest BCUT2D eigenvalue weighted by atomic mass is 32.2. The van der Waals surface area contributed by atoms with Gasteiger partial charge in [-0.1, -0.05) is 20.8 Å². The average molecular weight is 269 g/mol. The molecule has 0 fully saturated rings. The number of fused-ring (bicyclic) bond motifs is 1. The molecule has 0 saturated heterocycles. The summed E-state index contributed by atoms with van der Waals surface area (Å²) in [5.41, 5.74) is 6.18. The van der Waals surface area contributed by atoms with Crippen molar-refractivity contribution >= 4 is 15.5 Å². The molecule has 0 unspecified atom stereocenters. The van der Waals surface area contributed by atoms with Crippen molar-refractivity contribution in [1.29, 1.82) is 0 Å². The average Bonchev–Trinajstić information content (AvgIpc) is 2.28. The number of rotatable bonds is 0. The fourth-order valence-electron chi connectivity index (χ4n) is 2.71. The van der Waals surface area contributed by atoms with E-state index in [4.69, 9.17) is 5.73 Å². The van der Waals surface area contributed by atoms with Gasteiger partial charge in [0.2, 0.25) is 0 Å². The Hall–Kier alpha value is -1.07. The van der Waals surface area contributed by atoms with Crippen LogP contribution in [0.5, 0.6) is 0 Å². The lowest BCUT2D eigenvalue weighted by Crippen LogP contribution is -2.36. The molecule has 1 aliphatic heterocycles. The Labute approximate surface area is 108 Å². The second-order valence-electron chi connectivity index (χ2n) is 5.78. The van der Waals surface area contributed by atoms with Crippen LogP contribution in [-0.2, 0) is 9.84 Å². The van der Waals surface area contributed by atoms with Crippen LogP contribution in [0.15, 0.2) is 23.1 Å². The molecule has 0 bridgehead atoms. The van der Waals surface area contributed by atoms with Crippen LogP contribution < -0.4 is 5.73 Å². The van der Waals surface area contributed by atoms with Gasteiger partial charge in [0.15, 0.2) is 9.84 Å². The smallest absolute Gasteiger partial charge is 0.179 e. The normalized spacial score (nSPS) is 29.3. The summed E-state index contributed by atoms with van der Waals surface area (Å²) in [6.45, 7) is 5.40. The third-order valence-corrected chi connectivity index (χ3v) is 5.86.